The van der Waals surface area contributed by atoms with Crippen molar-refractivity contribution in [2.24, 2.45) is 7.05 Å². The first-order chi connectivity index (χ1) is 7.00. The number of benzene rings is 1. The second kappa shape index (κ2) is 3.13. The molecule has 1 aromatic heterocycles. The van der Waals surface area contributed by atoms with Gasteiger partial charge in [-0.2, -0.15) is 0 Å². The third kappa shape index (κ3) is 1.41. The molecule has 0 unspecified atom stereocenters. The maximum atomic E-state index is 11.3. The molecular formula is C9H7ClN2O3. The minimum absolute atomic E-state index is 0.0575. The van der Waals surface area contributed by atoms with Crippen LogP contribution in [0.2, 0.25) is 5.02 Å². The molecule has 0 bridgehead atoms. The number of carboxylic acids is 1. The molecule has 1 aromatic carbocycles. The van der Waals surface area contributed by atoms with Crippen molar-refractivity contribution in [2.45, 2.75) is 0 Å². The summed E-state index contributed by atoms with van der Waals surface area (Å²) >= 11 is 5.84. The number of fused-ring (bicyclic) bond motifs is 1. The number of nitrogens with zero attached hydrogens (tertiary/aromatic N) is 1. The standard InChI is InChI=1S/C9H7ClN2O3/c1-12-6-3-4(8(13)14)2-5(10)7(6)11-9(12)15/h2-3H,1H3,(H,11,15)(H,13,14). The molecule has 78 valence electrons. The number of aromatic nitrogens is 2. The highest BCUT2D eigenvalue weighted by Gasteiger charge is 2.11. The molecule has 0 atom stereocenters. The Labute approximate surface area is 88.9 Å². The van der Waals surface area contributed by atoms with E-state index in [0.29, 0.717) is 11.0 Å². The Bertz CT molecular complexity index is 612. The molecule has 0 saturated heterocycles. The van der Waals surface area contributed by atoms with Crippen LogP contribution in [0.3, 0.4) is 0 Å². The van der Waals surface area contributed by atoms with Gasteiger partial charge in [-0.05, 0) is 12.1 Å². The number of aromatic carboxylic acids is 1. The summed E-state index contributed by atoms with van der Waals surface area (Å²) < 4.78 is 1.31. The third-order valence-electron chi connectivity index (χ3n) is 2.21. The monoisotopic (exact) mass is 226 g/mol. The average molecular weight is 227 g/mol. The minimum Gasteiger partial charge on any atom is -0.478 e. The number of imidazole rings is 1. The Morgan fingerprint density at radius 1 is 1.53 bits per heavy atom. The molecule has 6 heteroatoms. The van der Waals surface area contributed by atoms with E-state index in [1.807, 2.05) is 0 Å². The zero-order chi connectivity index (χ0) is 11.2. The Kier molecular flexibility index (Phi) is 2.04. The van der Waals surface area contributed by atoms with Crippen molar-refractivity contribution in [1.82, 2.24) is 9.55 Å². The second-order valence-electron chi connectivity index (χ2n) is 3.15. The van der Waals surface area contributed by atoms with Gasteiger partial charge in [-0.1, -0.05) is 11.6 Å². The van der Waals surface area contributed by atoms with E-state index < -0.39 is 5.97 Å². The van der Waals surface area contributed by atoms with Crippen molar-refractivity contribution >= 4 is 28.6 Å². The van der Waals surface area contributed by atoms with E-state index in [0.717, 1.165) is 0 Å². The van der Waals surface area contributed by atoms with Gasteiger partial charge in [0.2, 0.25) is 0 Å². The third-order valence-corrected chi connectivity index (χ3v) is 2.51. The van der Waals surface area contributed by atoms with Crippen molar-refractivity contribution in [1.29, 1.82) is 0 Å². The summed E-state index contributed by atoms with van der Waals surface area (Å²) in [6.45, 7) is 0. The van der Waals surface area contributed by atoms with E-state index in [1.54, 1.807) is 7.05 Å². The number of aryl methyl sites for hydroxylation is 1. The van der Waals surface area contributed by atoms with E-state index in [2.05, 4.69) is 4.98 Å². The van der Waals surface area contributed by atoms with E-state index in [9.17, 15) is 9.59 Å². The molecule has 5 nitrogen and oxygen atoms in total. The normalized spacial score (nSPS) is 10.8. The maximum Gasteiger partial charge on any atom is 0.335 e. The van der Waals surface area contributed by atoms with Crippen LogP contribution in [0, 0.1) is 0 Å². The van der Waals surface area contributed by atoms with E-state index >= 15 is 0 Å². The van der Waals surface area contributed by atoms with Gasteiger partial charge in [0.05, 0.1) is 21.6 Å². The van der Waals surface area contributed by atoms with Crippen molar-refractivity contribution in [2.75, 3.05) is 0 Å². The van der Waals surface area contributed by atoms with Gasteiger partial charge in [0.25, 0.3) is 0 Å². The zero-order valence-corrected chi connectivity index (χ0v) is 8.50. The Hall–Kier alpha value is -1.75. The number of carboxylic acid groups (broad SMARTS) is 1. The predicted molar refractivity (Wildman–Crippen MR) is 55.5 cm³/mol. The van der Waals surface area contributed by atoms with Crippen molar-refractivity contribution in [3.05, 3.63) is 33.2 Å². The van der Waals surface area contributed by atoms with E-state index in [4.69, 9.17) is 16.7 Å². The quantitative estimate of drug-likeness (QED) is 0.768. The highest BCUT2D eigenvalue weighted by Crippen LogP contribution is 2.22. The van der Waals surface area contributed by atoms with Crippen LogP contribution in [-0.2, 0) is 7.05 Å². The number of aromatic amines is 1. The van der Waals surface area contributed by atoms with Crippen molar-refractivity contribution < 1.29 is 9.90 Å². The number of nitrogens with one attached hydrogen (secondary N) is 1. The fraction of sp³-hybridized carbons (Fsp3) is 0.111. The van der Waals surface area contributed by atoms with Gasteiger partial charge in [-0.15, -0.1) is 0 Å². The highest BCUT2D eigenvalue weighted by atomic mass is 35.5. The number of hydrogen-bond donors (Lipinski definition) is 2. The Morgan fingerprint density at radius 3 is 2.80 bits per heavy atom. The average Bonchev–Trinajstić information content (AvgIpc) is 2.45. The lowest BCUT2D eigenvalue weighted by Crippen LogP contribution is -2.11. The molecule has 15 heavy (non-hydrogen) atoms. The summed E-state index contributed by atoms with van der Waals surface area (Å²) in [6.07, 6.45) is 0. The molecule has 0 saturated carbocycles. The lowest BCUT2D eigenvalue weighted by molar-refractivity contribution is 0.0697. The lowest BCUT2D eigenvalue weighted by Gasteiger charge is -1.99. The molecule has 0 radical (unpaired) electrons. The van der Waals surface area contributed by atoms with Crippen molar-refractivity contribution in [3.63, 3.8) is 0 Å². The fourth-order valence-corrected chi connectivity index (χ4v) is 1.67. The SMILES string of the molecule is Cn1c(=O)[nH]c2c(Cl)cc(C(=O)O)cc21. The maximum absolute atomic E-state index is 11.3. The van der Waals surface area contributed by atoms with Crippen LogP contribution >= 0.6 is 11.6 Å². The van der Waals surface area contributed by atoms with Crippen LogP contribution in [0.5, 0.6) is 0 Å². The van der Waals surface area contributed by atoms with Crippen LogP contribution < -0.4 is 5.69 Å². The van der Waals surface area contributed by atoms with Gasteiger partial charge in [-0.3, -0.25) is 4.57 Å². The van der Waals surface area contributed by atoms with Gasteiger partial charge < -0.3 is 10.1 Å². The predicted octanol–water partition coefficient (Wildman–Crippen LogP) is 1.22. The number of H-pyrrole nitrogens is 1. The summed E-state index contributed by atoms with van der Waals surface area (Å²) in [7, 11) is 1.54. The first-order valence-electron chi connectivity index (χ1n) is 4.12. The Balaban J connectivity index is 2.91. The molecule has 0 aliphatic rings. The molecule has 2 aromatic rings. The van der Waals surface area contributed by atoms with Gasteiger partial charge >= 0.3 is 11.7 Å². The number of rotatable bonds is 1. The number of halogens is 1. The number of carbonyl (C=O) groups is 1. The van der Waals surface area contributed by atoms with E-state index in [1.165, 1.54) is 16.7 Å². The number of hydrogen-bond acceptors (Lipinski definition) is 2. The summed E-state index contributed by atoms with van der Waals surface area (Å²) in [5, 5.41) is 9.03. The van der Waals surface area contributed by atoms with Crippen LogP contribution in [0.4, 0.5) is 0 Å². The molecule has 0 amide bonds. The molecule has 2 rings (SSSR count). The van der Waals surface area contributed by atoms with Gasteiger partial charge in [0.15, 0.2) is 0 Å². The van der Waals surface area contributed by atoms with Crippen LogP contribution in [0.15, 0.2) is 16.9 Å². The van der Waals surface area contributed by atoms with Gasteiger partial charge in [0, 0.05) is 7.05 Å². The van der Waals surface area contributed by atoms with Crippen LogP contribution in [-0.4, -0.2) is 20.6 Å². The molecule has 0 aliphatic heterocycles. The van der Waals surface area contributed by atoms with Gasteiger partial charge in [-0.25, -0.2) is 9.59 Å². The summed E-state index contributed by atoms with van der Waals surface area (Å²) in [4.78, 5) is 24.6. The second-order valence-corrected chi connectivity index (χ2v) is 3.55. The molecule has 1 heterocycles. The lowest BCUT2D eigenvalue weighted by atomic mass is 10.2. The topological polar surface area (TPSA) is 75.1 Å². The fourth-order valence-electron chi connectivity index (χ4n) is 1.40. The minimum atomic E-state index is -1.08. The van der Waals surface area contributed by atoms with Crippen LogP contribution in [0.1, 0.15) is 10.4 Å². The molecule has 2 N–H and O–H groups in total. The molecule has 0 fully saturated rings. The van der Waals surface area contributed by atoms with Crippen LogP contribution in [0.25, 0.3) is 11.0 Å². The molecular weight excluding hydrogens is 220 g/mol. The largest absolute Gasteiger partial charge is 0.478 e. The first-order valence-corrected chi connectivity index (χ1v) is 4.50. The zero-order valence-electron chi connectivity index (χ0n) is 7.74. The van der Waals surface area contributed by atoms with E-state index in [-0.39, 0.29) is 16.3 Å². The first kappa shape index (κ1) is 9.79. The summed E-state index contributed by atoms with van der Waals surface area (Å²) in [6, 6.07) is 2.71. The smallest absolute Gasteiger partial charge is 0.335 e. The molecule has 0 spiro atoms. The van der Waals surface area contributed by atoms with Crippen molar-refractivity contribution in [3.8, 4) is 0 Å². The summed E-state index contributed by atoms with van der Waals surface area (Å²) in [5.74, 6) is -1.08. The highest BCUT2D eigenvalue weighted by molar-refractivity contribution is 6.35. The molecule has 0 aliphatic carbocycles. The van der Waals surface area contributed by atoms with Gasteiger partial charge in [0.1, 0.15) is 0 Å². The Morgan fingerprint density at radius 2 is 2.20 bits per heavy atom. The summed E-state index contributed by atoms with van der Waals surface area (Å²) in [5.41, 5.74) is 0.663.